The Bertz CT molecular complexity index is 1340. The van der Waals surface area contributed by atoms with E-state index in [2.05, 4.69) is 93.7 Å². The van der Waals surface area contributed by atoms with Crippen LogP contribution in [0.4, 0.5) is 0 Å². The maximum Gasteiger partial charge on any atom is 0.306 e. The van der Waals surface area contributed by atoms with Crippen LogP contribution < -0.4 is 0 Å². The lowest BCUT2D eigenvalue weighted by Gasteiger charge is -2.18. The Kier molecular flexibility index (Phi) is 57.8. The average Bonchev–Trinajstić information content (AvgIpc) is 3.38. The molecule has 0 aliphatic carbocycles. The molecule has 0 saturated heterocycles. The molecule has 0 radical (unpaired) electrons. The molecule has 72 heavy (non-hydrogen) atoms. The van der Waals surface area contributed by atoms with E-state index in [0.717, 1.165) is 103 Å². The molecule has 0 aromatic carbocycles. The summed E-state index contributed by atoms with van der Waals surface area (Å²) in [5.74, 6) is -0.909. The fourth-order valence-corrected chi connectivity index (χ4v) is 8.78. The topological polar surface area (TPSA) is 78.9 Å². The summed E-state index contributed by atoms with van der Waals surface area (Å²) in [4.78, 5) is 38.2. The fourth-order valence-electron chi connectivity index (χ4n) is 8.78. The Labute approximate surface area is 446 Å². The van der Waals surface area contributed by atoms with Gasteiger partial charge in [0, 0.05) is 19.3 Å². The first-order chi connectivity index (χ1) is 35.5. The molecular weight excluding hydrogens is 889 g/mol. The Morgan fingerprint density at radius 1 is 0.292 bits per heavy atom. The monoisotopic (exact) mass is 1000 g/mol. The molecule has 0 fully saturated rings. The molecule has 0 aromatic heterocycles. The van der Waals surface area contributed by atoms with E-state index in [4.69, 9.17) is 14.2 Å². The summed E-state index contributed by atoms with van der Waals surface area (Å²) in [6.45, 7) is 6.52. The molecule has 0 saturated carbocycles. The zero-order valence-corrected chi connectivity index (χ0v) is 47.7. The lowest BCUT2D eigenvalue weighted by molar-refractivity contribution is -0.167. The van der Waals surface area contributed by atoms with Gasteiger partial charge >= 0.3 is 17.9 Å². The molecule has 0 bridgehead atoms. The highest BCUT2D eigenvalue weighted by Gasteiger charge is 2.19. The molecule has 6 nitrogen and oxygen atoms in total. The van der Waals surface area contributed by atoms with E-state index in [1.807, 2.05) is 0 Å². The molecule has 0 N–H and O–H groups in total. The van der Waals surface area contributed by atoms with Crippen LogP contribution in [0, 0.1) is 0 Å². The number of hydrogen-bond donors (Lipinski definition) is 0. The first kappa shape index (κ1) is 68.8. The number of hydrogen-bond acceptors (Lipinski definition) is 6. The molecule has 1 atom stereocenters. The Morgan fingerprint density at radius 3 is 0.861 bits per heavy atom. The van der Waals surface area contributed by atoms with Gasteiger partial charge in [0.1, 0.15) is 13.2 Å². The van der Waals surface area contributed by atoms with Gasteiger partial charge in [0.2, 0.25) is 0 Å². The van der Waals surface area contributed by atoms with Crippen molar-refractivity contribution in [1.82, 2.24) is 0 Å². The third kappa shape index (κ3) is 57.7. The molecule has 0 aliphatic rings. The molecule has 0 aliphatic heterocycles. The Morgan fingerprint density at radius 2 is 0.542 bits per heavy atom. The van der Waals surface area contributed by atoms with Crippen LogP contribution in [-0.2, 0) is 28.6 Å². The van der Waals surface area contributed by atoms with E-state index in [1.165, 1.54) is 167 Å². The van der Waals surface area contributed by atoms with Gasteiger partial charge in [0.15, 0.2) is 6.10 Å². The van der Waals surface area contributed by atoms with Crippen molar-refractivity contribution in [2.75, 3.05) is 13.2 Å². The van der Waals surface area contributed by atoms with Gasteiger partial charge in [0.05, 0.1) is 0 Å². The number of carbonyl (C=O) groups excluding carboxylic acids is 3. The highest BCUT2D eigenvalue weighted by atomic mass is 16.6. The van der Waals surface area contributed by atoms with E-state index < -0.39 is 6.10 Å². The Hall–Kier alpha value is -3.15. The van der Waals surface area contributed by atoms with Gasteiger partial charge in [-0.3, -0.25) is 14.4 Å². The van der Waals surface area contributed by atoms with Gasteiger partial charge in [0.25, 0.3) is 0 Å². The first-order valence-corrected chi connectivity index (χ1v) is 30.9. The summed E-state index contributed by atoms with van der Waals surface area (Å²) >= 11 is 0. The van der Waals surface area contributed by atoms with Crippen molar-refractivity contribution in [3.05, 3.63) is 72.9 Å². The second-order valence-electron chi connectivity index (χ2n) is 20.6. The summed E-state index contributed by atoms with van der Waals surface area (Å²) in [5, 5.41) is 0. The van der Waals surface area contributed by atoms with Crippen molar-refractivity contribution in [3.63, 3.8) is 0 Å². The van der Waals surface area contributed by atoms with Crippen molar-refractivity contribution in [1.29, 1.82) is 0 Å². The molecule has 0 amide bonds. The number of ether oxygens (including phenoxy) is 3. The van der Waals surface area contributed by atoms with Gasteiger partial charge in [-0.05, 0) is 109 Å². The number of allylic oxidation sites excluding steroid dienone is 12. The van der Waals surface area contributed by atoms with E-state index >= 15 is 0 Å². The lowest BCUT2D eigenvalue weighted by Crippen LogP contribution is -2.30. The maximum absolute atomic E-state index is 12.9. The second-order valence-corrected chi connectivity index (χ2v) is 20.6. The molecule has 0 spiro atoms. The van der Waals surface area contributed by atoms with Gasteiger partial charge in [-0.15, -0.1) is 0 Å². The summed E-state index contributed by atoms with van der Waals surface area (Å²) in [7, 11) is 0. The molecule has 1 unspecified atom stereocenters. The van der Waals surface area contributed by atoms with Gasteiger partial charge in [-0.25, -0.2) is 0 Å². The maximum atomic E-state index is 12.9. The SMILES string of the molecule is CC/C=C\C/C=C\C/C=C\C/C=C\CCCCCCC(=O)OC(COC(=O)CCCCCCC/C=C\CCCCCCC)COC(=O)CCCCCCCCCCCCC/C=C\CCCCCCCCCC. The normalized spacial score (nSPS) is 12.5. The van der Waals surface area contributed by atoms with Crippen LogP contribution >= 0.6 is 0 Å². The quantitative estimate of drug-likeness (QED) is 0.0261. The van der Waals surface area contributed by atoms with E-state index in [0.29, 0.717) is 19.3 Å². The Balaban J connectivity index is 4.35. The lowest BCUT2D eigenvalue weighted by atomic mass is 10.0. The molecule has 0 heterocycles. The smallest absolute Gasteiger partial charge is 0.306 e. The second kappa shape index (κ2) is 60.4. The van der Waals surface area contributed by atoms with E-state index in [1.54, 1.807) is 0 Å². The van der Waals surface area contributed by atoms with Crippen molar-refractivity contribution in [2.45, 2.75) is 316 Å². The van der Waals surface area contributed by atoms with Crippen LogP contribution in [0.2, 0.25) is 0 Å². The molecule has 416 valence electrons. The third-order valence-corrected chi connectivity index (χ3v) is 13.4. The highest BCUT2D eigenvalue weighted by molar-refractivity contribution is 5.71. The first-order valence-electron chi connectivity index (χ1n) is 30.9. The van der Waals surface area contributed by atoms with Crippen LogP contribution in [-0.4, -0.2) is 37.2 Å². The van der Waals surface area contributed by atoms with Gasteiger partial charge < -0.3 is 14.2 Å². The zero-order valence-electron chi connectivity index (χ0n) is 47.7. The number of carbonyl (C=O) groups is 3. The minimum atomic E-state index is -0.792. The zero-order chi connectivity index (χ0) is 52.2. The summed E-state index contributed by atoms with van der Waals surface area (Å²) in [5.41, 5.74) is 0. The predicted molar refractivity (Wildman–Crippen MR) is 311 cm³/mol. The van der Waals surface area contributed by atoms with Crippen LogP contribution in [0.25, 0.3) is 0 Å². The van der Waals surface area contributed by atoms with Crippen LogP contribution in [0.3, 0.4) is 0 Å². The van der Waals surface area contributed by atoms with Crippen LogP contribution in [0.5, 0.6) is 0 Å². The molecule has 6 heteroatoms. The standard InChI is InChI=1S/C66H116O6/c1-4-7-10-13-16-19-22-25-28-30-31-32-33-34-35-37-38-41-44-47-50-53-56-59-65(68)71-62-63(61-70-64(67)58-55-52-49-46-43-40-27-24-21-18-15-12-9-6-3)72-66(69)60-57-54-51-48-45-42-39-36-29-26-23-20-17-14-11-8-5-2/h8,11,17,20,24,26-27,29-31,39,42,63H,4-7,9-10,12-16,18-19,21-23,25,28,32-38,40-41,43-62H2,1-3H3/b11-8-,20-17-,27-24-,29-26-,31-30-,42-39-. The largest absolute Gasteiger partial charge is 0.462 e. The van der Waals surface area contributed by atoms with E-state index in [-0.39, 0.29) is 31.1 Å². The van der Waals surface area contributed by atoms with Gasteiger partial charge in [-0.1, -0.05) is 254 Å². The van der Waals surface area contributed by atoms with Crippen molar-refractivity contribution in [3.8, 4) is 0 Å². The fraction of sp³-hybridized carbons (Fsp3) is 0.773. The summed E-state index contributed by atoms with van der Waals surface area (Å²) in [6.07, 6.45) is 77.6. The number of esters is 3. The minimum Gasteiger partial charge on any atom is -0.462 e. The summed E-state index contributed by atoms with van der Waals surface area (Å²) < 4.78 is 16.9. The van der Waals surface area contributed by atoms with Crippen LogP contribution in [0.1, 0.15) is 310 Å². The number of unbranched alkanes of at least 4 members (excludes halogenated alkanes) is 33. The third-order valence-electron chi connectivity index (χ3n) is 13.4. The average molecular weight is 1010 g/mol. The van der Waals surface area contributed by atoms with Crippen molar-refractivity contribution < 1.29 is 28.6 Å². The van der Waals surface area contributed by atoms with Crippen molar-refractivity contribution >= 4 is 17.9 Å². The van der Waals surface area contributed by atoms with Crippen LogP contribution in [0.15, 0.2) is 72.9 Å². The molecule has 0 rings (SSSR count). The van der Waals surface area contributed by atoms with Crippen molar-refractivity contribution in [2.24, 2.45) is 0 Å². The van der Waals surface area contributed by atoms with Gasteiger partial charge in [-0.2, -0.15) is 0 Å². The minimum absolute atomic E-state index is 0.0872. The predicted octanol–water partition coefficient (Wildman–Crippen LogP) is 20.9. The molecule has 0 aromatic rings. The highest BCUT2D eigenvalue weighted by Crippen LogP contribution is 2.16. The number of rotatable bonds is 56. The molecular formula is C66H116O6. The van der Waals surface area contributed by atoms with E-state index in [9.17, 15) is 14.4 Å². The summed E-state index contributed by atoms with van der Waals surface area (Å²) in [6, 6.07) is 0.